The van der Waals surface area contributed by atoms with E-state index in [1.807, 2.05) is 18.2 Å². The zero-order valence-corrected chi connectivity index (χ0v) is 14.4. The Labute approximate surface area is 147 Å². The Morgan fingerprint density at radius 2 is 2.09 bits per heavy atom. The van der Waals surface area contributed by atoms with Gasteiger partial charge in [-0.05, 0) is 24.3 Å². The van der Waals surface area contributed by atoms with Gasteiger partial charge in [0.15, 0.2) is 0 Å². The Bertz CT molecular complexity index is 865. The zero-order valence-electron chi connectivity index (χ0n) is 12.1. The average molecular weight is 367 g/mol. The highest BCUT2D eigenvalue weighted by molar-refractivity contribution is 7.22. The van der Waals surface area contributed by atoms with Gasteiger partial charge in [-0.1, -0.05) is 29.3 Å². The van der Waals surface area contributed by atoms with E-state index < -0.39 is 0 Å². The molecule has 7 heteroatoms. The molecule has 1 N–H and O–H groups in total. The van der Waals surface area contributed by atoms with E-state index >= 15 is 0 Å². The molecule has 4 nitrogen and oxygen atoms in total. The summed E-state index contributed by atoms with van der Waals surface area (Å²) in [6.45, 7) is 0.335. The van der Waals surface area contributed by atoms with Gasteiger partial charge in [0.1, 0.15) is 15.6 Å². The summed E-state index contributed by atoms with van der Waals surface area (Å²) in [7, 11) is 1.54. The first-order valence-corrected chi connectivity index (χ1v) is 8.31. The van der Waals surface area contributed by atoms with Crippen LogP contribution >= 0.6 is 34.5 Å². The number of ether oxygens (including phenoxy) is 1. The van der Waals surface area contributed by atoms with Crippen LogP contribution < -0.4 is 10.1 Å². The number of halogens is 2. The van der Waals surface area contributed by atoms with Crippen LogP contribution in [0.3, 0.4) is 0 Å². The predicted octanol–water partition coefficient (Wildman–Crippen LogP) is 4.54. The first-order valence-electron chi connectivity index (χ1n) is 6.74. The molecule has 1 amide bonds. The number of carbonyl (C=O) groups is 1. The lowest BCUT2D eigenvalue weighted by Gasteiger charge is -2.03. The predicted molar refractivity (Wildman–Crippen MR) is 93.8 cm³/mol. The molecule has 0 radical (unpaired) electrons. The minimum Gasteiger partial charge on any atom is -0.495 e. The Hall–Kier alpha value is -1.82. The zero-order chi connectivity index (χ0) is 16.4. The van der Waals surface area contributed by atoms with Gasteiger partial charge in [0.2, 0.25) is 0 Å². The highest BCUT2D eigenvalue weighted by Crippen LogP contribution is 2.42. The number of carbonyl (C=O) groups excluding carboxylic acids is 1. The topological polar surface area (TPSA) is 51.2 Å². The fraction of sp³-hybridized carbons (Fsp3) is 0.125. The molecule has 0 saturated heterocycles. The Morgan fingerprint density at radius 3 is 2.78 bits per heavy atom. The summed E-state index contributed by atoms with van der Waals surface area (Å²) in [5.41, 5.74) is 0.776. The molecule has 0 atom stereocenters. The van der Waals surface area contributed by atoms with E-state index in [-0.39, 0.29) is 5.91 Å². The molecule has 2 heterocycles. The third kappa shape index (κ3) is 3.13. The summed E-state index contributed by atoms with van der Waals surface area (Å²) in [5, 5.41) is 4.41. The van der Waals surface area contributed by atoms with Crippen LogP contribution in [0.5, 0.6) is 5.75 Å². The van der Waals surface area contributed by atoms with Gasteiger partial charge in [0.05, 0.1) is 29.1 Å². The van der Waals surface area contributed by atoms with E-state index in [0.29, 0.717) is 27.2 Å². The van der Waals surface area contributed by atoms with Crippen molar-refractivity contribution in [3.8, 4) is 5.75 Å². The van der Waals surface area contributed by atoms with Crippen LogP contribution in [-0.2, 0) is 6.54 Å². The third-order valence-corrected chi connectivity index (χ3v) is 5.50. The van der Waals surface area contributed by atoms with Crippen molar-refractivity contribution in [1.82, 2.24) is 10.3 Å². The van der Waals surface area contributed by atoms with Gasteiger partial charge in [-0.2, -0.15) is 0 Å². The monoisotopic (exact) mass is 366 g/mol. The van der Waals surface area contributed by atoms with Crippen LogP contribution in [-0.4, -0.2) is 18.0 Å². The largest absolute Gasteiger partial charge is 0.495 e. The molecule has 0 spiro atoms. The number of benzene rings is 1. The molecule has 2 aromatic heterocycles. The fourth-order valence-electron chi connectivity index (χ4n) is 2.14. The minimum absolute atomic E-state index is 0.253. The molecule has 0 aliphatic carbocycles. The first-order chi connectivity index (χ1) is 11.1. The Kier molecular flexibility index (Phi) is 4.71. The molecule has 3 aromatic rings. The lowest BCUT2D eigenvalue weighted by molar-refractivity contribution is 0.0954. The van der Waals surface area contributed by atoms with Gasteiger partial charge >= 0.3 is 0 Å². The van der Waals surface area contributed by atoms with Gasteiger partial charge in [-0.3, -0.25) is 9.78 Å². The number of hydrogen-bond acceptors (Lipinski definition) is 4. The molecule has 0 fully saturated rings. The van der Waals surface area contributed by atoms with E-state index in [0.717, 1.165) is 15.8 Å². The second-order valence-electron chi connectivity index (χ2n) is 4.71. The van der Waals surface area contributed by atoms with Gasteiger partial charge in [-0.15, -0.1) is 11.3 Å². The number of pyridine rings is 1. The number of thiophene rings is 1. The van der Waals surface area contributed by atoms with Crippen LogP contribution in [0.4, 0.5) is 0 Å². The van der Waals surface area contributed by atoms with Gasteiger partial charge in [0.25, 0.3) is 5.91 Å². The quantitative estimate of drug-likeness (QED) is 0.737. The highest BCUT2D eigenvalue weighted by atomic mass is 35.5. The second-order valence-corrected chi connectivity index (χ2v) is 6.48. The maximum Gasteiger partial charge on any atom is 0.263 e. The number of fused-ring (bicyclic) bond motifs is 1. The summed E-state index contributed by atoms with van der Waals surface area (Å²) >= 11 is 13.9. The van der Waals surface area contributed by atoms with Crippen molar-refractivity contribution in [2.45, 2.75) is 6.54 Å². The van der Waals surface area contributed by atoms with E-state index in [1.54, 1.807) is 25.4 Å². The fourth-order valence-corrected chi connectivity index (χ4v) is 3.95. The highest BCUT2D eigenvalue weighted by Gasteiger charge is 2.20. The van der Waals surface area contributed by atoms with Gasteiger partial charge < -0.3 is 10.1 Å². The van der Waals surface area contributed by atoms with Crippen molar-refractivity contribution >= 4 is 50.5 Å². The molecule has 0 aliphatic heterocycles. The first kappa shape index (κ1) is 16.1. The third-order valence-electron chi connectivity index (χ3n) is 3.28. The van der Waals surface area contributed by atoms with Crippen molar-refractivity contribution in [2.75, 3.05) is 7.11 Å². The average Bonchev–Trinajstić information content (AvgIpc) is 2.92. The van der Waals surface area contributed by atoms with Crippen molar-refractivity contribution in [2.24, 2.45) is 0 Å². The molecule has 23 heavy (non-hydrogen) atoms. The molecule has 0 aliphatic rings. The molecule has 0 bridgehead atoms. The number of nitrogens with one attached hydrogen (secondary N) is 1. The summed E-state index contributed by atoms with van der Waals surface area (Å²) in [6, 6.07) is 9.07. The lowest BCUT2D eigenvalue weighted by Crippen LogP contribution is -2.22. The van der Waals surface area contributed by atoms with Crippen LogP contribution in [0.1, 0.15) is 15.4 Å². The Morgan fingerprint density at radius 1 is 1.26 bits per heavy atom. The number of hydrogen-bond donors (Lipinski definition) is 1. The van der Waals surface area contributed by atoms with E-state index in [2.05, 4.69) is 10.3 Å². The number of methoxy groups -OCH3 is 1. The second kappa shape index (κ2) is 6.74. The Balaban J connectivity index is 1.89. The molecule has 0 unspecified atom stereocenters. The van der Waals surface area contributed by atoms with E-state index in [9.17, 15) is 4.79 Å². The van der Waals surface area contributed by atoms with Crippen molar-refractivity contribution in [3.63, 3.8) is 0 Å². The van der Waals surface area contributed by atoms with E-state index in [1.165, 1.54) is 11.3 Å². The SMILES string of the molecule is COc1ccc2c(Cl)c(C(=O)NCc3ccccn3)sc2c1Cl. The summed E-state index contributed by atoms with van der Waals surface area (Å²) in [6.07, 6.45) is 1.68. The molecule has 0 saturated carbocycles. The smallest absolute Gasteiger partial charge is 0.263 e. The van der Waals surface area contributed by atoms with Crippen LogP contribution in [0.25, 0.3) is 10.1 Å². The van der Waals surface area contributed by atoms with Gasteiger partial charge in [0, 0.05) is 11.6 Å². The van der Waals surface area contributed by atoms with Crippen LogP contribution in [0, 0.1) is 0 Å². The number of nitrogens with zero attached hydrogens (tertiary/aromatic N) is 1. The summed E-state index contributed by atoms with van der Waals surface area (Å²) in [5.74, 6) is 0.300. The minimum atomic E-state index is -0.253. The van der Waals surface area contributed by atoms with Gasteiger partial charge in [-0.25, -0.2) is 0 Å². The maximum absolute atomic E-state index is 12.4. The number of rotatable bonds is 4. The molecular weight excluding hydrogens is 355 g/mol. The standard InChI is InChI=1S/C16H12Cl2N2O2S/c1-22-11-6-5-10-12(17)15(23-14(10)13(11)18)16(21)20-8-9-4-2-3-7-19-9/h2-7H,8H2,1H3,(H,20,21). The molecule has 1 aromatic carbocycles. The van der Waals surface area contributed by atoms with Crippen molar-refractivity contribution < 1.29 is 9.53 Å². The van der Waals surface area contributed by atoms with Crippen molar-refractivity contribution in [1.29, 1.82) is 0 Å². The van der Waals surface area contributed by atoms with Crippen molar-refractivity contribution in [3.05, 3.63) is 57.1 Å². The maximum atomic E-state index is 12.4. The summed E-state index contributed by atoms with van der Waals surface area (Å²) < 4.78 is 5.93. The normalized spacial score (nSPS) is 10.7. The molecular formula is C16H12Cl2N2O2S. The van der Waals surface area contributed by atoms with E-state index in [4.69, 9.17) is 27.9 Å². The lowest BCUT2D eigenvalue weighted by atomic mass is 10.2. The molecule has 118 valence electrons. The molecule has 3 rings (SSSR count). The number of aromatic nitrogens is 1. The summed E-state index contributed by atoms with van der Waals surface area (Å²) in [4.78, 5) is 17.0. The number of amides is 1. The van der Waals surface area contributed by atoms with Crippen LogP contribution in [0.2, 0.25) is 10.0 Å². The van der Waals surface area contributed by atoms with Crippen LogP contribution in [0.15, 0.2) is 36.5 Å².